The molecule has 1 heterocycles. The van der Waals surface area contributed by atoms with Crippen molar-refractivity contribution >= 4 is 17.4 Å². The maximum absolute atomic E-state index is 11.9. The van der Waals surface area contributed by atoms with Gasteiger partial charge in [-0.3, -0.25) is 4.79 Å². The number of rotatable bonds is 2. The maximum Gasteiger partial charge on any atom is 0.265 e. The Hall–Kier alpha value is -1.01. The minimum Gasteiger partial charge on any atom is -0.347 e. The summed E-state index contributed by atoms with van der Waals surface area (Å²) in [6.45, 7) is 1.79. The third kappa shape index (κ3) is 2.38. The molecule has 2 rings (SSSR count). The van der Waals surface area contributed by atoms with Crippen molar-refractivity contribution in [1.29, 1.82) is 0 Å². The number of nitrogens with one attached hydrogen (secondary N) is 1. The number of nitrogens with zero attached hydrogens (tertiary/aromatic N) is 2. The number of carbonyl (C=O) groups excluding carboxylic acids is 1. The number of amides is 1. The molecule has 1 amide bonds. The number of hydrogen-bond donors (Lipinski definition) is 2. The van der Waals surface area contributed by atoms with Gasteiger partial charge in [0.05, 0.1) is 5.69 Å². The van der Waals surface area contributed by atoms with Crippen LogP contribution >= 0.6 is 11.5 Å². The van der Waals surface area contributed by atoms with Crippen molar-refractivity contribution in [1.82, 2.24) is 14.9 Å². The van der Waals surface area contributed by atoms with Crippen LogP contribution in [0.25, 0.3) is 0 Å². The summed E-state index contributed by atoms with van der Waals surface area (Å²) in [5, 5.41) is 6.80. The van der Waals surface area contributed by atoms with Gasteiger partial charge in [0, 0.05) is 12.1 Å². The van der Waals surface area contributed by atoms with Crippen LogP contribution in [0.1, 0.15) is 41.0 Å². The van der Waals surface area contributed by atoms with Gasteiger partial charge < -0.3 is 11.1 Å². The van der Waals surface area contributed by atoms with Crippen LogP contribution in [0.2, 0.25) is 0 Å². The summed E-state index contributed by atoms with van der Waals surface area (Å²) in [4.78, 5) is 12.5. The number of aromatic nitrogens is 2. The molecule has 1 aromatic rings. The van der Waals surface area contributed by atoms with Crippen molar-refractivity contribution in [2.75, 3.05) is 0 Å². The van der Waals surface area contributed by atoms with E-state index >= 15 is 0 Å². The minimum absolute atomic E-state index is 0.0823. The van der Waals surface area contributed by atoms with Crippen LogP contribution < -0.4 is 11.1 Å². The van der Waals surface area contributed by atoms with Crippen LogP contribution in [0, 0.1) is 6.92 Å². The van der Waals surface area contributed by atoms with Gasteiger partial charge in [0.2, 0.25) is 0 Å². The van der Waals surface area contributed by atoms with Gasteiger partial charge in [-0.25, -0.2) is 0 Å². The van der Waals surface area contributed by atoms with E-state index in [0.717, 1.165) is 37.2 Å². The molecule has 0 bridgehead atoms. The number of carbonyl (C=O) groups is 1. The first kappa shape index (κ1) is 11.5. The van der Waals surface area contributed by atoms with Gasteiger partial charge in [-0.15, -0.1) is 5.10 Å². The van der Waals surface area contributed by atoms with Crippen LogP contribution in [-0.4, -0.2) is 27.6 Å². The smallest absolute Gasteiger partial charge is 0.265 e. The van der Waals surface area contributed by atoms with Crippen molar-refractivity contribution in [3.05, 3.63) is 10.6 Å². The first-order valence-corrected chi connectivity index (χ1v) is 6.31. The lowest BCUT2D eigenvalue weighted by Gasteiger charge is -2.29. The number of nitrogens with two attached hydrogens (primary N) is 1. The Morgan fingerprint density at radius 1 is 1.50 bits per heavy atom. The van der Waals surface area contributed by atoms with Gasteiger partial charge in [0.1, 0.15) is 4.88 Å². The normalized spacial score (nSPS) is 25.4. The second kappa shape index (κ2) is 4.88. The van der Waals surface area contributed by atoms with Crippen LogP contribution in [0.5, 0.6) is 0 Å². The van der Waals surface area contributed by atoms with E-state index in [1.165, 1.54) is 0 Å². The highest BCUT2D eigenvalue weighted by Gasteiger charge is 2.25. The molecule has 1 aromatic heterocycles. The molecule has 0 saturated heterocycles. The van der Waals surface area contributed by atoms with Crippen molar-refractivity contribution in [2.24, 2.45) is 5.73 Å². The zero-order valence-electron chi connectivity index (χ0n) is 9.27. The standard InChI is InChI=1S/C10H16N4OS/c1-6-9(16-14-13-6)10(15)12-8-5-3-2-4-7(8)11/h7-8H,2-5,11H2,1H3,(H,12,15). The quantitative estimate of drug-likeness (QED) is 0.803. The molecule has 16 heavy (non-hydrogen) atoms. The first-order chi connectivity index (χ1) is 7.68. The van der Waals surface area contributed by atoms with E-state index < -0.39 is 0 Å². The second-order valence-electron chi connectivity index (χ2n) is 4.22. The predicted octanol–water partition coefficient (Wildman–Crippen LogP) is 0.846. The summed E-state index contributed by atoms with van der Waals surface area (Å²) in [5.74, 6) is -0.0881. The monoisotopic (exact) mass is 240 g/mol. The first-order valence-electron chi connectivity index (χ1n) is 5.54. The summed E-state index contributed by atoms with van der Waals surface area (Å²) in [7, 11) is 0. The third-order valence-corrected chi connectivity index (χ3v) is 3.82. The van der Waals surface area contributed by atoms with Crippen molar-refractivity contribution in [3.63, 3.8) is 0 Å². The Morgan fingerprint density at radius 2 is 2.25 bits per heavy atom. The zero-order chi connectivity index (χ0) is 11.5. The molecule has 1 fully saturated rings. The fourth-order valence-electron chi connectivity index (χ4n) is 2.01. The minimum atomic E-state index is -0.0881. The van der Waals surface area contributed by atoms with Crippen LogP contribution in [0.4, 0.5) is 0 Å². The maximum atomic E-state index is 11.9. The van der Waals surface area contributed by atoms with Gasteiger partial charge in [0.25, 0.3) is 5.91 Å². The van der Waals surface area contributed by atoms with Gasteiger partial charge >= 0.3 is 0 Å². The molecule has 0 radical (unpaired) electrons. The van der Waals surface area contributed by atoms with Crippen LogP contribution in [0.15, 0.2) is 0 Å². The molecule has 88 valence electrons. The molecule has 0 aliphatic heterocycles. The molecule has 5 nitrogen and oxygen atoms in total. The average molecular weight is 240 g/mol. The topological polar surface area (TPSA) is 80.9 Å². The summed E-state index contributed by atoms with van der Waals surface area (Å²) in [5.41, 5.74) is 6.66. The molecule has 3 N–H and O–H groups in total. The molecule has 1 aliphatic carbocycles. The van der Waals surface area contributed by atoms with Crippen molar-refractivity contribution < 1.29 is 4.79 Å². The molecule has 2 unspecified atom stereocenters. The predicted molar refractivity (Wildman–Crippen MR) is 62.3 cm³/mol. The molecule has 6 heteroatoms. The van der Waals surface area contributed by atoms with Gasteiger partial charge in [-0.1, -0.05) is 17.3 Å². The van der Waals surface area contributed by atoms with Crippen LogP contribution in [-0.2, 0) is 0 Å². The molecule has 0 aromatic carbocycles. The van der Waals surface area contributed by atoms with Gasteiger partial charge in [0.15, 0.2) is 0 Å². The Morgan fingerprint density at radius 3 is 2.88 bits per heavy atom. The van der Waals surface area contributed by atoms with E-state index in [0.29, 0.717) is 10.6 Å². The highest BCUT2D eigenvalue weighted by Crippen LogP contribution is 2.18. The van der Waals surface area contributed by atoms with Crippen molar-refractivity contribution in [3.8, 4) is 0 Å². The average Bonchev–Trinajstić information content (AvgIpc) is 2.68. The van der Waals surface area contributed by atoms with E-state index in [-0.39, 0.29) is 18.0 Å². The molecule has 1 saturated carbocycles. The van der Waals surface area contributed by atoms with E-state index in [1.54, 1.807) is 6.92 Å². The molecule has 1 aliphatic rings. The fraction of sp³-hybridized carbons (Fsp3) is 0.700. The Bertz CT molecular complexity index is 379. The lowest BCUT2D eigenvalue weighted by molar-refractivity contribution is 0.0924. The van der Waals surface area contributed by atoms with Gasteiger partial charge in [-0.2, -0.15) is 0 Å². The van der Waals surface area contributed by atoms with Gasteiger partial charge in [-0.05, 0) is 31.3 Å². The number of aryl methyl sites for hydroxylation is 1. The summed E-state index contributed by atoms with van der Waals surface area (Å²) >= 11 is 1.13. The summed E-state index contributed by atoms with van der Waals surface area (Å²) in [6.07, 6.45) is 4.26. The summed E-state index contributed by atoms with van der Waals surface area (Å²) < 4.78 is 3.75. The van der Waals surface area contributed by atoms with E-state index in [9.17, 15) is 4.79 Å². The molecular weight excluding hydrogens is 224 g/mol. The van der Waals surface area contributed by atoms with Crippen molar-refractivity contribution in [2.45, 2.75) is 44.7 Å². The summed E-state index contributed by atoms with van der Waals surface area (Å²) in [6, 6.07) is 0.182. The lowest BCUT2D eigenvalue weighted by atomic mass is 9.91. The number of hydrogen-bond acceptors (Lipinski definition) is 5. The molecular formula is C10H16N4OS. The third-order valence-electron chi connectivity index (χ3n) is 2.99. The second-order valence-corrected chi connectivity index (χ2v) is 4.97. The lowest BCUT2D eigenvalue weighted by Crippen LogP contribution is -2.49. The highest BCUT2D eigenvalue weighted by molar-refractivity contribution is 7.08. The van der Waals surface area contributed by atoms with E-state index in [4.69, 9.17) is 5.73 Å². The Labute approximate surface area is 98.6 Å². The SMILES string of the molecule is Cc1nnsc1C(=O)NC1CCCCC1N. The largest absolute Gasteiger partial charge is 0.347 e. The Kier molecular flexibility index (Phi) is 3.50. The molecule has 0 spiro atoms. The molecule has 2 atom stereocenters. The van der Waals surface area contributed by atoms with E-state index in [1.807, 2.05) is 0 Å². The van der Waals surface area contributed by atoms with Crippen LogP contribution in [0.3, 0.4) is 0 Å². The zero-order valence-corrected chi connectivity index (χ0v) is 10.1. The highest BCUT2D eigenvalue weighted by atomic mass is 32.1. The van der Waals surface area contributed by atoms with E-state index in [2.05, 4.69) is 14.9 Å². The Balaban J connectivity index is 1.99. The fourth-order valence-corrected chi connectivity index (χ4v) is 2.57.